The van der Waals surface area contributed by atoms with E-state index in [1.54, 1.807) is 136 Å². The molecule has 0 amide bonds. The molecule has 14 nitrogen and oxygen atoms in total. The highest BCUT2D eigenvalue weighted by atomic mass is 35.5. The fourth-order valence-electron chi connectivity index (χ4n) is 9.05. The predicted octanol–water partition coefficient (Wildman–Crippen LogP) is 16.2. The highest BCUT2D eigenvalue weighted by molar-refractivity contribution is 6.36. The SMILES string of the molecule is COc1cc2ncc(C#N)c(Cl)c2cc1OC.COc1cc2ncc(C#N)c(Nc3ccc(Oc4cccc(CC(=O)Cc5cccc(C(F)(F)F)c5)c4)cc3)c2cc1OC.Nc1ccc(Oc2cccc(CC(=O)Cc3cccc(C(F)(F)F)c3)c2)cc1. The Balaban J connectivity index is 0.000000193. The number of aromatic nitrogens is 2. The molecule has 0 aliphatic heterocycles. The number of benzene rings is 8. The van der Waals surface area contributed by atoms with Gasteiger partial charge in [0.1, 0.15) is 46.7 Å². The number of carbonyl (C=O) groups is 2. The number of nitrogens with zero attached hydrogens (tertiary/aromatic N) is 4. The Labute approximate surface area is 512 Å². The first kappa shape index (κ1) is 64.2. The van der Waals surface area contributed by atoms with Gasteiger partial charge >= 0.3 is 12.4 Å². The number of methoxy groups -OCH3 is 4. The molecule has 3 N–H and O–H groups in total. The van der Waals surface area contributed by atoms with Crippen LogP contribution in [0.2, 0.25) is 5.02 Å². The summed E-state index contributed by atoms with van der Waals surface area (Å²) >= 11 is 6.11. The van der Waals surface area contributed by atoms with E-state index in [-0.39, 0.29) is 37.2 Å². The molecule has 8 aromatic carbocycles. The number of nitrogens with one attached hydrogen (secondary N) is 1. The van der Waals surface area contributed by atoms with Crippen molar-refractivity contribution in [2.45, 2.75) is 38.0 Å². The molecular formula is C68H53ClF6N6O8. The molecular weight excluding hydrogens is 1180 g/mol. The Hall–Kier alpha value is -10.8. The zero-order chi connectivity index (χ0) is 63.8. The first-order chi connectivity index (χ1) is 42.7. The van der Waals surface area contributed by atoms with E-state index in [9.17, 15) is 41.2 Å². The summed E-state index contributed by atoms with van der Waals surface area (Å²) in [4.78, 5) is 33.5. The fraction of sp³-hybridized carbons (Fsp3) is 0.147. The molecule has 0 aliphatic rings. The average molecular weight is 1230 g/mol. The van der Waals surface area contributed by atoms with Crippen LogP contribution in [0.25, 0.3) is 21.8 Å². The number of nitrogen functional groups attached to an aromatic ring is 1. The van der Waals surface area contributed by atoms with Crippen molar-refractivity contribution in [1.82, 2.24) is 9.97 Å². The number of hydrogen-bond acceptors (Lipinski definition) is 14. The van der Waals surface area contributed by atoms with Gasteiger partial charge in [0.2, 0.25) is 0 Å². The van der Waals surface area contributed by atoms with Crippen LogP contribution < -0.4 is 39.5 Å². The van der Waals surface area contributed by atoms with E-state index >= 15 is 0 Å². The molecule has 0 saturated heterocycles. The normalized spacial score (nSPS) is 10.9. The molecule has 2 aromatic heterocycles. The number of carbonyl (C=O) groups excluding carboxylic acids is 2. The maximum absolute atomic E-state index is 13.0. The van der Waals surface area contributed by atoms with Gasteiger partial charge in [0.15, 0.2) is 23.0 Å². The summed E-state index contributed by atoms with van der Waals surface area (Å²) in [5.74, 6) is 3.98. The lowest BCUT2D eigenvalue weighted by Crippen LogP contribution is -2.09. The lowest BCUT2D eigenvalue weighted by Gasteiger charge is -2.15. The van der Waals surface area contributed by atoms with Crippen LogP contribution in [0.5, 0.6) is 46.0 Å². The standard InChI is InChI=1S/C34H26F3N3O4.C22H18F3NO2.C12H9ClN2O2/c1-42-31-17-29-30(18-32(31)43-2)39-20-23(19-38)33(29)40-25-9-11-27(12-10-25)44-28-8-4-6-22(16-28)15-26(41)14-21-5-3-7-24(13-21)34(35,36)37;23-22(24,25)17-5-1-3-15(11-17)12-19(27)13-16-4-2-6-21(14-16)28-20-9-7-18(26)8-10-20;1-16-10-3-8-9(4-11(10)17-2)15-6-7(5-14)12(8)13/h3-13,16-18,20H,14-15H2,1-2H3,(H,39,40);1-11,14H,12-13,26H2;3-4,6H,1-2H3. The van der Waals surface area contributed by atoms with E-state index in [4.69, 9.17) is 51.0 Å². The molecule has 0 aliphatic carbocycles. The van der Waals surface area contributed by atoms with Crippen LogP contribution in [0.1, 0.15) is 44.5 Å². The Kier molecular flexibility index (Phi) is 20.9. The van der Waals surface area contributed by atoms with Crippen molar-refractivity contribution >= 4 is 62.0 Å². The number of ether oxygens (including phenoxy) is 6. The van der Waals surface area contributed by atoms with Crippen molar-refractivity contribution in [3.63, 3.8) is 0 Å². The van der Waals surface area contributed by atoms with Gasteiger partial charge in [-0.25, -0.2) is 0 Å². The van der Waals surface area contributed by atoms with E-state index in [0.29, 0.717) is 118 Å². The van der Waals surface area contributed by atoms with Crippen LogP contribution in [0.3, 0.4) is 0 Å². The minimum Gasteiger partial charge on any atom is -0.493 e. The summed E-state index contributed by atoms with van der Waals surface area (Å²) in [6.07, 6.45) is -5.97. The number of nitrogens with two attached hydrogens (primary N) is 1. The summed E-state index contributed by atoms with van der Waals surface area (Å²) in [5.41, 5.74) is 10.0. The van der Waals surface area contributed by atoms with Crippen LogP contribution in [0, 0.1) is 22.7 Å². The van der Waals surface area contributed by atoms with Crippen LogP contribution in [0.4, 0.5) is 43.4 Å². The van der Waals surface area contributed by atoms with Gasteiger partial charge in [-0.15, -0.1) is 0 Å². The molecule has 0 radical (unpaired) electrons. The maximum atomic E-state index is 13.0. The van der Waals surface area contributed by atoms with Crippen molar-refractivity contribution in [1.29, 1.82) is 10.5 Å². The zero-order valence-corrected chi connectivity index (χ0v) is 48.7. The summed E-state index contributed by atoms with van der Waals surface area (Å²) in [5, 5.41) is 23.6. The quantitative estimate of drug-likeness (QED) is 0.0607. The highest BCUT2D eigenvalue weighted by Gasteiger charge is 2.31. The molecule has 21 heteroatoms. The van der Waals surface area contributed by atoms with Gasteiger partial charge in [0.05, 0.1) is 72.4 Å². The minimum absolute atomic E-state index is 0.0497. The molecule has 452 valence electrons. The van der Waals surface area contributed by atoms with E-state index in [1.165, 1.54) is 50.9 Å². The fourth-order valence-corrected chi connectivity index (χ4v) is 9.29. The lowest BCUT2D eigenvalue weighted by atomic mass is 10.0. The van der Waals surface area contributed by atoms with Crippen LogP contribution in [-0.4, -0.2) is 50.0 Å². The molecule has 2 heterocycles. The van der Waals surface area contributed by atoms with Gasteiger partial charge in [-0.05, 0) is 119 Å². The van der Waals surface area contributed by atoms with Gasteiger partial charge in [-0.3, -0.25) is 19.6 Å². The number of halogens is 7. The minimum atomic E-state index is -4.46. The summed E-state index contributed by atoms with van der Waals surface area (Å²) in [7, 11) is 6.16. The van der Waals surface area contributed by atoms with Gasteiger partial charge in [-0.2, -0.15) is 36.9 Å². The van der Waals surface area contributed by atoms with Crippen LogP contribution in [0.15, 0.2) is 182 Å². The number of pyridine rings is 2. The molecule has 10 aromatic rings. The largest absolute Gasteiger partial charge is 0.493 e. The van der Waals surface area contributed by atoms with Gasteiger partial charge in [-0.1, -0.05) is 72.3 Å². The number of ketones is 2. The third-order valence-electron chi connectivity index (χ3n) is 13.3. The van der Waals surface area contributed by atoms with Gasteiger partial charge in [0.25, 0.3) is 0 Å². The summed E-state index contributed by atoms with van der Waals surface area (Å²) in [6, 6.07) is 48.8. The number of Topliss-reactive ketones (excluding diaryl/α,β-unsaturated/α-hetero) is 2. The van der Waals surface area contributed by atoms with Crippen molar-refractivity contribution in [2.24, 2.45) is 0 Å². The summed E-state index contributed by atoms with van der Waals surface area (Å²) < 4.78 is 110. The van der Waals surface area contributed by atoms with Crippen LogP contribution >= 0.6 is 11.6 Å². The second-order valence-corrected chi connectivity index (χ2v) is 20.0. The molecule has 10 rings (SSSR count). The van der Waals surface area contributed by atoms with Gasteiger partial charge in [0, 0.05) is 72.4 Å². The number of rotatable bonds is 18. The number of alkyl halides is 6. The first-order valence-corrected chi connectivity index (χ1v) is 27.2. The Morgan fingerprint density at radius 1 is 0.494 bits per heavy atom. The number of fused-ring (bicyclic) bond motifs is 2. The summed E-state index contributed by atoms with van der Waals surface area (Å²) in [6.45, 7) is 0. The van der Waals surface area contributed by atoms with E-state index in [1.807, 2.05) is 6.07 Å². The molecule has 0 atom stereocenters. The average Bonchev–Trinajstić information content (AvgIpc) is 1.46. The van der Waals surface area contributed by atoms with Crippen molar-refractivity contribution in [3.8, 4) is 58.1 Å². The molecule has 0 fully saturated rings. The Morgan fingerprint density at radius 3 is 1.30 bits per heavy atom. The van der Waals surface area contributed by atoms with Crippen molar-refractivity contribution in [2.75, 3.05) is 39.5 Å². The molecule has 89 heavy (non-hydrogen) atoms. The molecule has 0 saturated carbocycles. The molecule has 0 bridgehead atoms. The maximum Gasteiger partial charge on any atom is 0.416 e. The first-order valence-electron chi connectivity index (χ1n) is 26.8. The van der Waals surface area contributed by atoms with Crippen LogP contribution in [-0.2, 0) is 47.6 Å². The topological polar surface area (TPSA) is 201 Å². The zero-order valence-electron chi connectivity index (χ0n) is 47.9. The third-order valence-corrected chi connectivity index (χ3v) is 13.7. The molecule has 0 unspecified atom stereocenters. The highest BCUT2D eigenvalue weighted by Crippen LogP contribution is 2.39. The van der Waals surface area contributed by atoms with E-state index < -0.39 is 23.5 Å². The Bertz CT molecular complexity index is 4270. The Morgan fingerprint density at radius 2 is 0.876 bits per heavy atom. The predicted molar refractivity (Wildman–Crippen MR) is 325 cm³/mol. The third kappa shape index (κ3) is 17.2. The second kappa shape index (κ2) is 29.0. The van der Waals surface area contributed by atoms with Gasteiger partial charge < -0.3 is 39.5 Å². The van der Waals surface area contributed by atoms with E-state index in [2.05, 4.69) is 21.4 Å². The molecule has 0 spiro atoms. The monoisotopic (exact) mass is 1230 g/mol. The number of anilines is 3. The van der Waals surface area contributed by atoms with Crippen molar-refractivity contribution < 1.29 is 64.4 Å². The number of nitriles is 2. The van der Waals surface area contributed by atoms with E-state index in [0.717, 1.165) is 29.8 Å². The smallest absolute Gasteiger partial charge is 0.416 e. The second-order valence-electron chi connectivity index (χ2n) is 19.6. The lowest BCUT2D eigenvalue weighted by molar-refractivity contribution is -0.138. The number of hydrogen-bond donors (Lipinski definition) is 2. The van der Waals surface area contributed by atoms with Crippen molar-refractivity contribution in [3.05, 3.63) is 232 Å².